The van der Waals surface area contributed by atoms with E-state index in [0.29, 0.717) is 0 Å². The van der Waals surface area contributed by atoms with Gasteiger partial charge in [0.1, 0.15) is 5.56 Å². The number of nitro benzene ring substituents is 1. The summed E-state index contributed by atoms with van der Waals surface area (Å²) >= 11 is 0. The van der Waals surface area contributed by atoms with Crippen LogP contribution in [0.2, 0.25) is 0 Å². The van der Waals surface area contributed by atoms with Crippen LogP contribution in [-0.4, -0.2) is 29.8 Å². The fourth-order valence-electron chi connectivity index (χ4n) is 2.67. The number of hydrogen-bond donors (Lipinski definition) is 2. The molecule has 118 valence electrons. The van der Waals surface area contributed by atoms with Crippen molar-refractivity contribution in [1.29, 1.82) is 0 Å². The Labute approximate surface area is 128 Å². The maximum absolute atomic E-state index is 12.3. The van der Waals surface area contributed by atoms with Crippen LogP contribution in [0.4, 0.5) is 5.69 Å². The number of rotatable bonds is 4. The minimum Gasteiger partial charge on any atom is -0.355 e. The van der Waals surface area contributed by atoms with Crippen LogP contribution < -0.4 is 10.6 Å². The van der Waals surface area contributed by atoms with Gasteiger partial charge in [-0.2, -0.15) is 0 Å². The molecule has 0 spiro atoms. The van der Waals surface area contributed by atoms with E-state index >= 15 is 0 Å². The highest BCUT2D eigenvalue weighted by Gasteiger charge is 2.24. The van der Waals surface area contributed by atoms with Gasteiger partial charge in [0.05, 0.1) is 4.92 Å². The molecule has 1 fully saturated rings. The molecule has 22 heavy (non-hydrogen) atoms. The number of amides is 2. The molecule has 0 radical (unpaired) electrons. The van der Waals surface area contributed by atoms with E-state index in [-0.39, 0.29) is 22.9 Å². The zero-order valence-electron chi connectivity index (χ0n) is 12.4. The Bertz CT molecular complexity index is 594. The summed E-state index contributed by atoms with van der Waals surface area (Å²) in [4.78, 5) is 34.4. The third-order valence-corrected chi connectivity index (χ3v) is 3.87. The van der Waals surface area contributed by atoms with Crippen LogP contribution in [0.15, 0.2) is 18.2 Å². The number of carbonyl (C=O) groups is 2. The van der Waals surface area contributed by atoms with E-state index < -0.39 is 16.7 Å². The third-order valence-electron chi connectivity index (χ3n) is 3.87. The summed E-state index contributed by atoms with van der Waals surface area (Å²) in [7, 11) is 1.44. The zero-order valence-corrected chi connectivity index (χ0v) is 12.4. The first-order valence-electron chi connectivity index (χ1n) is 7.34. The molecule has 0 heterocycles. The van der Waals surface area contributed by atoms with Crippen molar-refractivity contribution in [3.05, 3.63) is 39.4 Å². The van der Waals surface area contributed by atoms with E-state index in [1.807, 2.05) is 0 Å². The van der Waals surface area contributed by atoms with Crippen LogP contribution in [0.3, 0.4) is 0 Å². The monoisotopic (exact) mass is 305 g/mol. The van der Waals surface area contributed by atoms with Gasteiger partial charge in [-0.15, -0.1) is 0 Å². The third kappa shape index (κ3) is 3.60. The van der Waals surface area contributed by atoms with Gasteiger partial charge >= 0.3 is 0 Å². The van der Waals surface area contributed by atoms with Crippen LogP contribution in [0.1, 0.15) is 52.8 Å². The molecule has 0 saturated heterocycles. The Morgan fingerprint density at radius 2 is 1.86 bits per heavy atom. The predicted octanol–water partition coefficient (Wildman–Crippen LogP) is 2.02. The van der Waals surface area contributed by atoms with Crippen molar-refractivity contribution in [3.63, 3.8) is 0 Å². The van der Waals surface area contributed by atoms with Crippen molar-refractivity contribution in [1.82, 2.24) is 10.6 Å². The van der Waals surface area contributed by atoms with Gasteiger partial charge in [-0.1, -0.05) is 19.3 Å². The molecule has 1 aliphatic rings. The molecular formula is C15H19N3O4. The molecule has 7 heteroatoms. The molecule has 0 atom stereocenters. The molecule has 2 N–H and O–H groups in total. The lowest BCUT2D eigenvalue weighted by atomic mass is 9.95. The first-order valence-corrected chi connectivity index (χ1v) is 7.34. The van der Waals surface area contributed by atoms with Crippen LogP contribution in [-0.2, 0) is 0 Å². The Kier molecular flexibility index (Phi) is 5.08. The molecule has 0 aromatic heterocycles. The molecule has 7 nitrogen and oxygen atoms in total. The summed E-state index contributed by atoms with van der Waals surface area (Å²) in [5.41, 5.74) is -0.207. The molecule has 1 aliphatic carbocycles. The minimum atomic E-state index is -0.637. The second-order valence-corrected chi connectivity index (χ2v) is 5.38. The fourth-order valence-corrected chi connectivity index (χ4v) is 2.67. The lowest BCUT2D eigenvalue weighted by Gasteiger charge is -2.22. The Morgan fingerprint density at radius 3 is 2.45 bits per heavy atom. The van der Waals surface area contributed by atoms with Gasteiger partial charge < -0.3 is 10.6 Å². The highest BCUT2D eigenvalue weighted by atomic mass is 16.6. The number of nitrogens with one attached hydrogen (secondary N) is 2. The van der Waals surface area contributed by atoms with Gasteiger partial charge in [-0.05, 0) is 25.0 Å². The van der Waals surface area contributed by atoms with Crippen LogP contribution in [0, 0.1) is 10.1 Å². The SMILES string of the molecule is CNC(=O)c1ccc(C(=O)NC2CCCCC2)c([N+](=O)[O-])c1. The van der Waals surface area contributed by atoms with Crippen molar-refractivity contribution in [2.75, 3.05) is 7.05 Å². The van der Waals surface area contributed by atoms with Crippen molar-refractivity contribution in [3.8, 4) is 0 Å². The molecule has 2 amide bonds. The van der Waals surface area contributed by atoms with E-state index in [9.17, 15) is 19.7 Å². The molecule has 1 aromatic rings. The number of nitro groups is 1. The summed E-state index contributed by atoms with van der Waals surface area (Å²) in [6.45, 7) is 0. The maximum Gasteiger partial charge on any atom is 0.282 e. The Hall–Kier alpha value is -2.44. The zero-order chi connectivity index (χ0) is 16.1. The summed E-state index contributed by atoms with van der Waals surface area (Å²) in [6, 6.07) is 3.95. The van der Waals surface area contributed by atoms with Crippen molar-refractivity contribution < 1.29 is 14.5 Å². The molecule has 0 unspecified atom stereocenters. The number of nitrogens with zero attached hydrogens (tertiary/aromatic N) is 1. The van der Waals surface area contributed by atoms with Gasteiger partial charge in [0.25, 0.3) is 17.5 Å². The quantitative estimate of drug-likeness (QED) is 0.656. The van der Waals surface area contributed by atoms with Crippen LogP contribution >= 0.6 is 0 Å². The van der Waals surface area contributed by atoms with Gasteiger partial charge in [-0.25, -0.2) is 0 Å². The van der Waals surface area contributed by atoms with E-state index in [4.69, 9.17) is 0 Å². The first kappa shape index (κ1) is 15.9. The van der Waals surface area contributed by atoms with Crippen molar-refractivity contribution >= 4 is 17.5 Å². The van der Waals surface area contributed by atoms with Crippen molar-refractivity contribution in [2.24, 2.45) is 0 Å². The molecule has 0 aliphatic heterocycles. The number of hydrogen-bond acceptors (Lipinski definition) is 4. The Morgan fingerprint density at radius 1 is 1.18 bits per heavy atom. The Balaban J connectivity index is 2.23. The average Bonchev–Trinajstić information content (AvgIpc) is 2.54. The van der Waals surface area contributed by atoms with E-state index in [0.717, 1.165) is 38.2 Å². The molecule has 1 aromatic carbocycles. The maximum atomic E-state index is 12.3. The largest absolute Gasteiger partial charge is 0.355 e. The van der Waals surface area contributed by atoms with E-state index in [1.54, 1.807) is 0 Å². The average molecular weight is 305 g/mol. The molecular weight excluding hydrogens is 286 g/mol. The first-order chi connectivity index (χ1) is 10.5. The van der Waals surface area contributed by atoms with Crippen LogP contribution in [0.5, 0.6) is 0 Å². The smallest absolute Gasteiger partial charge is 0.282 e. The molecule has 1 saturated carbocycles. The summed E-state index contributed by atoms with van der Waals surface area (Å²) < 4.78 is 0. The van der Waals surface area contributed by atoms with Crippen LogP contribution in [0.25, 0.3) is 0 Å². The van der Waals surface area contributed by atoms with E-state index in [1.165, 1.54) is 19.2 Å². The summed E-state index contributed by atoms with van der Waals surface area (Å²) in [5, 5.41) is 16.4. The molecule has 2 rings (SSSR count). The number of benzene rings is 1. The van der Waals surface area contributed by atoms with Gasteiger partial charge in [0.15, 0.2) is 0 Å². The lowest BCUT2D eigenvalue weighted by Crippen LogP contribution is -2.36. The highest BCUT2D eigenvalue weighted by molar-refractivity contribution is 6.01. The predicted molar refractivity (Wildman–Crippen MR) is 80.8 cm³/mol. The fraction of sp³-hybridized carbons (Fsp3) is 0.467. The summed E-state index contributed by atoms with van der Waals surface area (Å²) in [5.74, 6) is -0.885. The summed E-state index contributed by atoms with van der Waals surface area (Å²) in [6.07, 6.45) is 5.07. The van der Waals surface area contributed by atoms with E-state index in [2.05, 4.69) is 10.6 Å². The minimum absolute atomic E-state index is 0.0109. The topological polar surface area (TPSA) is 101 Å². The van der Waals surface area contributed by atoms with Gasteiger partial charge in [-0.3, -0.25) is 19.7 Å². The molecule has 0 bridgehead atoms. The number of carbonyl (C=O) groups excluding carboxylic acids is 2. The second kappa shape index (κ2) is 7.02. The van der Waals surface area contributed by atoms with Gasteiger partial charge in [0.2, 0.25) is 0 Å². The van der Waals surface area contributed by atoms with Gasteiger partial charge in [0, 0.05) is 24.7 Å². The van der Waals surface area contributed by atoms with Crippen molar-refractivity contribution in [2.45, 2.75) is 38.1 Å². The normalized spacial score (nSPS) is 15.1. The lowest BCUT2D eigenvalue weighted by molar-refractivity contribution is -0.385. The standard InChI is InChI=1S/C15H19N3O4/c1-16-14(19)10-7-8-12(13(9-10)18(21)22)15(20)17-11-5-3-2-4-6-11/h7-9,11H,2-6H2,1H3,(H,16,19)(H,17,20). The highest BCUT2D eigenvalue weighted by Crippen LogP contribution is 2.22. The second-order valence-electron chi connectivity index (χ2n) is 5.38.